The number of carbonyl (C=O) groups excluding carboxylic acids is 2. The lowest BCUT2D eigenvalue weighted by atomic mass is 10.1. The highest BCUT2D eigenvalue weighted by atomic mass is 19.1. The van der Waals surface area contributed by atoms with E-state index in [9.17, 15) is 14.0 Å². The van der Waals surface area contributed by atoms with E-state index in [1.54, 1.807) is 6.92 Å². The molecule has 0 aliphatic rings. The van der Waals surface area contributed by atoms with Crippen molar-refractivity contribution >= 4 is 17.6 Å². The van der Waals surface area contributed by atoms with Gasteiger partial charge in [0.2, 0.25) is 5.91 Å². The van der Waals surface area contributed by atoms with Crippen molar-refractivity contribution in [3.8, 4) is 0 Å². The van der Waals surface area contributed by atoms with Crippen LogP contribution in [-0.2, 0) is 9.53 Å². The van der Waals surface area contributed by atoms with E-state index in [2.05, 4.69) is 10.1 Å². The summed E-state index contributed by atoms with van der Waals surface area (Å²) in [4.78, 5) is 23.1. The van der Waals surface area contributed by atoms with Crippen LogP contribution in [0.4, 0.5) is 10.1 Å². The summed E-state index contributed by atoms with van der Waals surface area (Å²) >= 11 is 0. The Hall–Kier alpha value is -1.95. The molecule has 0 saturated heterocycles. The van der Waals surface area contributed by atoms with E-state index < -0.39 is 23.8 Å². The van der Waals surface area contributed by atoms with Crippen LogP contribution in [-0.4, -0.2) is 30.2 Å². The predicted octanol–water partition coefficient (Wildman–Crippen LogP) is 1.71. The number of rotatable bonds is 5. The summed E-state index contributed by atoms with van der Waals surface area (Å²) in [6, 6.07) is 3.40. The summed E-state index contributed by atoms with van der Waals surface area (Å²) < 4.78 is 17.7. The van der Waals surface area contributed by atoms with Crippen molar-refractivity contribution in [2.75, 3.05) is 12.4 Å². The Balaban J connectivity index is 2.84. The average Bonchev–Trinajstić information content (AvgIpc) is 2.35. The molecule has 0 heterocycles. The molecule has 0 spiro atoms. The Kier molecular flexibility index (Phi) is 5.44. The number of hydrogen-bond donors (Lipinski definition) is 2. The van der Waals surface area contributed by atoms with Crippen molar-refractivity contribution in [2.24, 2.45) is 0 Å². The number of carbonyl (C=O) groups is 2. The van der Waals surface area contributed by atoms with Crippen LogP contribution in [0.1, 0.15) is 30.1 Å². The van der Waals surface area contributed by atoms with Crippen molar-refractivity contribution < 1.29 is 23.8 Å². The highest BCUT2D eigenvalue weighted by molar-refractivity contribution is 6.01. The van der Waals surface area contributed by atoms with Crippen molar-refractivity contribution in [1.82, 2.24) is 0 Å². The minimum Gasteiger partial charge on any atom is -0.465 e. The van der Waals surface area contributed by atoms with Gasteiger partial charge < -0.3 is 15.2 Å². The first kappa shape index (κ1) is 15.1. The Morgan fingerprint density at radius 2 is 2.16 bits per heavy atom. The Morgan fingerprint density at radius 1 is 1.47 bits per heavy atom. The van der Waals surface area contributed by atoms with Crippen LogP contribution in [0.5, 0.6) is 0 Å². The number of methoxy groups -OCH3 is 1. The van der Waals surface area contributed by atoms with Gasteiger partial charge in [0.1, 0.15) is 5.82 Å². The maximum Gasteiger partial charge on any atom is 0.339 e. The lowest BCUT2D eigenvalue weighted by Gasteiger charge is -2.10. The third-order valence-corrected chi connectivity index (χ3v) is 2.45. The molecule has 104 valence electrons. The van der Waals surface area contributed by atoms with Gasteiger partial charge in [-0.1, -0.05) is 0 Å². The molecule has 1 unspecified atom stereocenters. The van der Waals surface area contributed by atoms with Crippen LogP contribution < -0.4 is 5.32 Å². The molecule has 1 aromatic rings. The number of ether oxygens (including phenoxy) is 1. The third kappa shape index (κ3) is 4.67. The maximum atomic E-state index is 13.1. The molecule has 0 bridgehead atoms. The van der Waals surface area contributed by atoms with Crippen LogP contribution in [0.15, 0.2) is 18.2 Å². The normalized spacial score (nSPS) is 11.8. The van der Waals surface area contributed by atoms with Crippen LogP contribution >= 0.6 is 0 Å². The van der Waals surface area contributed by atoms with Gasteiger partial charge in [-0.2, -0.15) is 0 Å². The fourth-order valence-electron chi connectivity index (χ4n) is 1.46. The lowest BCUT2D eigenvalue weighted by molar-refractivity contribution is -0.116. The van der Waals surface area contributed by atoms with Crippen molar-refractivity contribution in [3.05, 3.63) is 29.6 Å². The minimum atomic E-state index is -0.661. The number of benzene rings is 1. The fourth-order valence-corrected chi connectivity index (χ4v) is 1.46. The predicted molar refractivity (Wildman–Crippen MR) is 67.3 cm³/mol. The zero-order valence-electron chi connectivity index (χ0n) is 10.8. The molecule has 1 rings (SSSR count). The van der Waals surface area contributed by atoms with Gasteiger partial charge in [-0.05, 0) is 31.5 Å². The third-order valence-electron chi connectivity index (χ3n) is 2.45. The summed E-state index contributed by atoms with van der Waals surface area (Å²) in [6.45, 7) is 1.56. The molecule has 0 saturated carbocycles. The molecule has 0 aliphatic carbocycles. The standard InChI is InChI=1S/C13H16FNO4/c1-8(16)3-6-12(17)15-11-7-9(14)4-5-10(11)13(18)19-2/h4-5,7-8,16H,3,6H2,1-2H3,(H,15,17). The number of nitrogens with one attached hydrogen (secondary N) is 1. The lowest BCUT2D eigenvalue weighted by Crippen LogP contribution is -2.17. The summed E-state index contributed by atoms with van der Waals surface area (Å²) in [5.74, 6) is -1.64. The van der Waals surface area contributed by atoms with Crippen LogP contribution in [0.2, 0.25) is 0 Å². The van der Waals surface area contributed by atoms with Gasteiger partial charge in [0, 0.05) is 6.42 Å². The molecular formula is C13H16FNO4. The number of hydrogen-bond acceptors (Lipinski definition) is 4. The Labute approximate surface area is 110 Å². The molecule has 0 radical (unpaired) electrons. The molecule has 5 nitrogen and oxygen atoms in total. The van der Waals surface area contributed by atoms with Crippen LogP contribution in [0, 0.1) is 5.82 Å². The SMILES string of the molecule is COC(=O)c1ccc(F)cc1NC(=O)CCC(C)O. The summed E-state index contributed by atoms with van der Waals surface area (Å²) in [5.41, 5.74) is 0.136. The van der Waals surface area contributed by atoms with Gasteiger partial charge in [-0.25, -0.2) is 9.18 Å². The van der Waals surface area contributed by atoms with E-state index >= 15 is 0 Å². The molecule has 0 aromatic heterocycles. The van der Waals surface area contributed by atoms with Crippen LogP contribution in [0.25, 0.3) is 0 Å². The summed E-state index contributed by atoms with van der Waals surface area (Å²) in [7, 11) is 1.20. The quantitative estimate of drug-likeness (QED) is 0.798. The van der Waals surface area contributed by atoms with Crippen molar-refractivity contribution in [1.29, 1.82) is 0 Å². The number of aliphatic hydroxyl groups is 1. The van der Waals surface area contributed by atoms with Gasteiger partial charge in [-0.15, -0.1) is 0 Å². The first-order valence-electron chi connectivity index (χ1n) is 5.79. The highest BCUT2D eigenvalue weighted by Crippen LogP contribution is 2.18. The first-order chi connectivity index (χ1) is 8.93. The largest absolute Gasteiger partial charge is 0.465 e. The number of anilines is 1. The van der Waals surface area contributed by atoms with Crippen LogP contribution in [0.3, 0.4) is 0 Å². The average molecular weight is 269 g/mol. The number of amides is 1. The molecule has 0 fully saturated rings. The Morgan fingerprint density at radius 3 is 2.74 bits per heavy atom. The van der Waals surface area contributed by atoms with E-state index in [0.29, 0.717) is 0 Å². The minimum absolute atomic E-state index is 0.0578. The summed E-state index contributed by atoms with van der Waals surface area (Å²) in [5, 5.41) is 11.5. The Bertz CT molecular complexity index is 474. The fraction of sp³-hybridized carbons (Fsp3) is 0.385. The molecule has 1 amide bonds. The van der Waals surface area contributed by atoms with E-state index in [1.165, 1.54) is 13.2 Å². The second kappa shape index (κ2) is 6.84. The molecule has 1 atom stereocenters. The monoisotopic (exact) mass is 269 g/mol. The molecular weight excluding hydrogens is 253 g/mol. The maximum absolute atomic E-state index is 13.1. The van der Waals surface area contributed by atoms with Gasteiger partial charge in [-0.3, -0.25) is 4.79 Å². The van der Waals surface area contributed by atoms with E-state index in [4.69, 9.17) is 5.11 Å². The number of esters is 1. The molecule has 2 N–H and O–H groups in total. The number of halogens is 1. The van der Waals surface area contributed by atoms with Gasteiger partial charge >= 0.3 is 5.97 Å². The first-order valence-corrected chi connectivity index (χ1v) is 5.79. The zero-order chi connectivity index (χ0) is 14.4. The van der Waals surface area contributed by atoms with Gasteiger partial charge in [0.15, 0.2) is 0 Å². The molecule has 6 heteroatoms. The topological polar surface area (TPSA) is 75.6 Å². The summed E-state index contributed by atoms with van der Waals surface area (Å²) in [6.07, 6.45) is -0.234. The zero-order valence-corrected chi connectivity index (χ0v) is 10.8. The molecule has 1 aromatic carbocycles. The highest BCUT2D eigenvalue weighted by Gasteiger charge is 2.15. The smallest absolute Gasteiger partial charge is 0.339 e. The molecule has 0 aliphatic heterocycles. The second-order valence-electron chi connectivity index (χ2n) is 4.12. The second-order valence-corrected chi connectivity index (χ2v) is 4.12. The van der Waals surface area contributed by atoms with E-state index in [0.717, 1.165) is 12.1 Å². The number of aliphatic hydroxyl groups excluding tert-OH is 1. The van der Waals surface area contributed by atoms with Gasteiger partial charge in [0.05, 0.1) is 24.5 Å². The molecule has 19 heavy (non-hydrogen) atoms. The van der Waals surface area contributed by atoms with E-state index in [-0.39, 0.29) is 24.1 Å². The van der Waals surface area contributed by atoms with Gasteiger partial charge in [0.25, 0.3) is 0 Å². The van der Waals surface area contributed by atoms with E-state index in [1.807, 2.05) is 0 Å². The van der Waals surface area contributed by atoms with Crippen molar-refractivity contribution in [3.63, 3.8) is 0 Å². The van der Waals surface area contributed by atoms with Crippen molar-refractivity contribution in [2.45, 2.75) is 25.9 Å².